The molecule has 3 rings (SSSR count). The quantitative estimate of drug-likeness (QED) is 0.770. The summed E-state index contributed by atoms with van der Waals surface area (Å²) in [6, 6.07) is 10.3. The minimum Gasteiger partial charge on any atom is -0.476 e. The van der Waals surface area contributed by atoms with E-state index >= 15 is 0 Å². The van der Waals surface area contributed by atoms with E-state index in [1.165, 1.54) is 27.4 Å². The lowest BCUT2D eigenvalue weighted by molar-refractivity contribution is 0.0690. The third kappa shape index (κ3) is 2.60. The van der Waals surface area contributed by atoms with Crippen LogP contribution in [0.3, 0.4) is 0 Å². The minimum absolute atomic E-state index is 0.0580. The Balaban J connectivity index is 1.71. The molecule has 2 N–H and O–H groups in total. The van der Waals surface area contributed by atoms with Gasteiger partial charge in [0.25, 0.3) is 0 Å². The summed E-state index contributed by atoms with van der Waals surface area (Å²) in [5.41, 5.74) is -0.0580. The number of nitrogens with zero attached hydrogens (tertiary/aromatic N) is 2. The molecule has 1 aromatic carbocycles. The Bertz CT molecular complexity index is 719. The number of hydrogen-bond acceptors (Lipinski definition) is 5. The maximum absolute atomic E-state index is 10.7. The predicted molar refractivity (Wildman–Crippen MR) is 78.1 cm³/mol. The highest BCUT2D eigenvalue weighted by atomic mass is 32.1. The van der Waals surface area contributed by atoms with E-state index in [9.17, 15) is 4.79 Å². The molecule has 0 radical (unpaired) electrons. The molecular formula is C14H11N3O2S. The van der Waals surface area contributed by atoms with Crippen LogP contribution in [0.15, 0.2) is 42.7 Å². The zero-order valence-electron chi connectivity index (χ0n) is 10.4. The van der Waals surface area contributed by atoms with Gasteiger partial charge in [0.15, 0.2) is 5.69 Å². The SMILES string of the molecule is O=C(O)c1cnc(NCc2cc3ccccc3s2)cn1. The fourth-order valence-corrected chi connectivity index (χ4v) is 2.84. The van der Waals surface area contributed by atoms with Crippen LogP contribution in [0.25, 0.3) is 10.1 Å². The van der Waals surface area contributed by atoms with Crippen LogP contribution < -0.4 is 5.32 Å². The topological polar surface area (TPSA) is 75.1 Å². The molecule has 5 nitrogen and oxygen atoms in total. The van der Waals surface area contributed by atoms with Gasteiger partial charge in [0.1, 0.15) is 5.82 Å². The van der Waals surface area contributed by atoms with Crippen LogP contribution in [-0.2, 0) is 6.54 Å². The Morgan fingerprint density at radius 2 is 2.10 bits per heavy atom. The zero-order valence-corrected chi connectivity index (χ0v) is 11.2. The maximum Gasteiger partial charge on any atom is 0.356 e. The van der Waals surface area contributed by atoms with Gasteiger partial charge in [0, 0.05) is 9.58 Å². The van der Waals surface area contributed by atoms with E-state index in [1.807, 2.05) is 12.1 Å². The molecule has 0 aliphatic heterocycles. The molecule has 2 heterocycles. The third-order valence-electron chi connectivity index (χ3n) is 2.79. The van der Waals surface area contributed by atoms with Gasteiger partial charge in [0.05, 0.1) is 18.9 Å². The Kier molecular flexibility index (Phi) is 3.30. The van der Waals surface area contributed by atoms with Gasteiger partial charge in [-0.2, -0.15) is 0 Å². The molecule has 0 fully saturated rings. The lowest BCUT2D eigenvalue weighted by atomic mass is 10.2. The monoisotopic (exact) mass is 285 g/mol. The van der Waals surface area contributed by atoms with Crippen molar-refractivity contribution in [3.8, 4) is 0 Å². The van der Waals surface area contributed by atoms with E-state index in [0.29, 0.717) is 12.4 Å². The van der Waals surface area contributed by atoms with Gasteiger partial charge in [-0.25, -0.2) is 14.8 Å². The molecule has 0 aliphatic rings. The number of carboxylic acid groups (broad SMARTS) is 1. The number of anilines is 1. The van der Waals surface area contributed by atoms with Crippen molar-refractivity contribution in [2.45, 2.75) is 6.54 Å². The molecule has 0 aliphatic carbocycles. The number of aromatic nitrogens is 2. The number of rotatable bonds is 4. The number of aromatic carboxylic acids is 1. The van der Waals surface area contributed by atoms with Gasteiger partial charge in [-0.3, -0.25) is 0 Å². The first-order valence-electron chi connectivity index (χ1n) is 5.99. The number of carbonyl (C=O) groups is 1. The fraction of sp³-hybridized carbons (Fsp3) is 0.0714. The highest BCUT2D eigenvalue weighted by Crippen LogP contribution is 2.25. The van der Waals surface area contributed by atoms with Gasteiger partial charge in [-0.1, -0.05) is 18.2 Å². The summed E-state index contributed by atoms with van der Waals surface area (Å²) < 4.78 is 1.25. The Morgan fingerprint density at radius 3 is 2.80 bits per heavy atom. The molecule has 0 spiro atoms. The molecule has 2 aromatic heterocycles. The van der Waals surface area contributed by atoms with Crippen LogP contribution in [0, 0.1) is 0 Å². The first-order chi connectivity index (χ1) is 9.72. The van der Waals surface area contributed by atoms with Crippen LogP contribution in [0.5, 0.6) is 0 Å². The Labute approximate surface area is 118 Å². The normalized spacial score (nSPS) is 10.6. The Hall–Kier alpha value is -2.47. The van der Waals surface area contributed by atoms with E-state index in [1.54, 1.807) is 11.3 Å². The average Bonchev–Trinajstić information content (AvgIpc) is 2.88. The number of fused-ring (bicyclic) bond motifs is 1. The largest absolute Gasteiger partial charge is 0.476 e. The van der Waals surface area contributed by atoms with E-state index < -0.39 is 5.97 Å². The van der Waals surface area contributed by atoms with Crippen molar-refractivity contribution in [3.05, 3.63) is 53.3 Å². The Morgan fingerprint density at radius 1 is 1.25 bits per heavy atom. The molecule has 20 heavy (non-hydrogen) atoms. The summed E-state index contributed by atoms with van der Waals surface area (Å²) in [5.74, 6) is -0.513. The molecule has 100 valence electrons. The lowest BCUT2D eigenvalue weighted by Crippen LogP contribution is -2.04. The number of hydrogen-bond donors (Lipinski definition) is 2. The van der Waals surface area contributed by atoms with Crippen LogP contribution >= 0.6 is 11.3 Å². The number of thiophene rings is 1. The third-order valence-corrected chi connectivity index (χ3v) is 3.91. The van der Waals surface area contributed by atoms with Gasteiger partial charge in [-0.05, 0) is 17.5 Å². The van der Waals surface area contributed by atoms with Gasteiger partial charge in [0.2, 0.25) is 0 Å². The second kappa shape index (κ2) is 5.26. The molecule has 0 unspecified atom stereocenters. The summed E-state index contributed by atoms with van der Waals surface area (Å²) in [5, 5.41) is 13.1. The summed E-state index contributed by atoms with van der Waals surface area (Å²) in [4.78, 5) is 19.7. The van der Waals surface area contributed by atoms with Gasteiger partial charge < -0.3 is 10.4 Å². The summed E-state index contributed by atoms with van der Waals surface area (Å²) in [6.07, 6.45) is 2.67. The smallest absolute Gasteiger partial charge is 0.356 e. The highest BCUT2D eigenvalue weighted by Gasteiger charge is 2.05. The summed E-state index contributed by atoms with van der Waals surface area (Å²) >= 11 is 1.72. The molecule has 3 aromatic rings. The van der Waals surface area contributed by atoms with E-state index in [0.717, 1.165) is 0 Å². The van der Waals surface area contributed by atoms with Crippen molar-refractivity contribution < 1.29 is 9.90 Å². The average molecular weight is 285 g/mol. The molecule has 0 saturated carbocycles. The first-order valence-corrected chi connectivity index (χ1v) is 6.81. The molecule has 0 saturated heterocycles. The second-order valence-corrected chi connectivity index (χ2v) is 5.36. The standard InChI is InChI=1S/C14H11N3O2S/c18-14(19)11-7-17-13(8-15-11)16-6-10-5-9-3-1-2-4-12(9)20-10/h1-5,7-8H,6H2,(H,16,17)(H,18,19). The van der Waals surface area contributed by atoms with Crippen molar-refractivity contribution in [3.63, 3.8) is 0 Å². The second-order valence-electron chi connectivity index (χ2n) is 4.20. The van der Waals surface area contributed by atoms with Gasteiger partial charge in [-0.15, -0.1) is 11.3 Å². The first kappa shape index (κ1) is 12.6. The van der Waals surface area contributed by atoms with Crippen LogP contribution in [0.2, 0.25) is 0 Å². The van der Waals surface area contributed by atoms with Crippen molar-refractivity contribution in [2.24, 2.45) is 0 Å². The van der Waals surface area contributed by atoms with Crippen LogP contribution in [0.1, 0.15) is 15.4 Å². The van der Waals surface area contributed by atoms with Crippen molar-refractivity contribution in [2.75, 3.05) is 5.32 Å². The molecular weight excluding hydrogens is 274 g/mol. The van der Waals surface area contributed by atoms with Crippen molar-refractivity contribution >= 4 is 33.2 Å². The molecule has 6 heteroatoms. The zero-order chi connectivity index (χ0) is 13.9. The molecule has 0 amide bonds. The number of benzene rings is 1. The fourth-order valence-electron chi connectivity index (χ4n) is 1.83. The lowest BCUT2D eigenvalue weighted by Gasteiger charge is -2.02. The van der Waals surface area contributed by atoms with E-state index in [4.69, 9.17) is 5.11 Å². The van der Waals surface area contributed by atoms with Crippen molar-refractivity contribution in [1.82, 2.24) is 9.97 Å². The van der Waals surface area contributed by atoms with Crippen LogP contribution in [-0.4, -0.2) is 21.0 Å². The molecule has 0 atom stereocenters. The predicted octanol–water partition coefficient (Wildman–Crippen LogP) is 3.00. The highest BCUT2D eigenvalue weighted by molar-refractivity contribution is 7.19. The number of carboxylic acids is 1. The maximum atomic E-state index is 10.7. The van der Waals surface area contributed by atoms with Gasteiger partial charge >= 0.3 is 5.97 Å². The molecule has 0 bridgehead atoms. The van der Waals surface area contributed by atoms with E-state index in [-0.39, 0.29) is 5.69 Å². The summed E-state index contributed by atoms with van der Waals surface area (Å²) in [6.45, 7) is 0.639. The number of nitrogens with one attached hydrogen (secondary N) is 1. The van der Waals surface area contributed by atoms with Crippen LogP contribution in [0.4, 0.5) is 5.82 Å². The minimum atomic E-state index is -1.08. The van der Waals surface area contributed by atoms with Crippen molar-refractivity contribution in [1.29, 1.82) is 0 Å². The van der Waals surface area contributed by atoms with E-state index in [2.05, 4.69) is 33.5 Å². The summed E-state index contributed by atoms with van der Waals surface area (Å²) in [7, 11) is 0.